The summed E-state index contributed by atoms with van der Waals surface area (Å²) in [6.45, 7) is 2.95. The summed E-state index contributed by atoms with van der Waals surface area (Å²) in [7, 11) is 4.88. The lowest BCUT2D eigenvalue weighted by Crippen LogP contribution is -2.42. The minimum atomic E-state index is -0.286. The van der Waals surface area contributed by atoms with E-state index >= 15 is 0 Å². The van der Waals surface area contributed by atoms with Crippen molar-refractivity contribution in [2.45, 2.75) is 25.9 Å². The van der Waals surface area contributed by atoms with Crippen LogP contribution in [0.5, 0.6) is 0 Å². The maximum Gasteiger partial charge on any atom is 0.241 e. The summed E-state index contributed by atoms with van der Waals surface area (Å²) >= 11 is 0. The van der Waals surface area contributed by atoms with Gasteiger partial charge in [-0.05, 0) is 6.42 Å². The Kier molecular flexibility index (Phi) is 8.32. The summed E-state index contributed by atoms with van der Waals surface area (Å²) < 4.78 is 5.08. The lowest BCUT2D eigenvalue weighted by molar-refractivity contribution is -0.140. The van der Waals surface area contributed by atoms with Crippen LogP contribution in [-0.4, -0.2) is 68.6 Å². The quantitative estimate of drug-likeness (QED) is 0.648. The second kappa shape index (κ2) is 8.88. The van der Waals surface area contributed by atoms with Gasteiger partial charge in [-0.25, -0.2) is 0 Å². The number of hydrogen-bond donors (Lipinski definition) is 1. The smallest absolute Gasteiger partial charge is 0.241 e. The van der Waals surface area contributed by atoms with E-state index in [-0.39, 0.29) is 30.9 Å². The van der Waals surface area contributed by atoms with Crippen LogP contribution in [0, 0.1) is 0 Å². The second-order valence-corrected chi connectivity index (χ2v) is 4.40. The van der Waals surface area contributed by atoms with Crippen LogP contribution < -0.4 is 5.73 Å². The first-order valence-electron chi connectivity index (χ1n) is 6.17. The zero-order chi connectivity index (χ0) is 14.1. The Morgan fingerprint density at radius 2 is 1.89 bits per heavy atom. The van der Waals surface area contributed by atoms with Gasteiger partial charge in [0, 0.05) is 34.3 Å². The number of carbonyl (C=O) groups excluding carboxylic acids is 2. The first-order chi connectivity index (χ1) is 8.46. The van der Waals surface area contributed by atoms with Crippen molar-refractivity contribution in [3.05, 3.63) is 0 Å². The molecule has 2 amide bonds. The lowest BCUT2D eigenvalue weighted by atomic mass is 10.2. The minimum Gasteiger partial charge on any atom is -0.380 e. The van der Waals surface area contributed by atoms with E-state index < -0.39 is 0 Å². The number of hydrogen-bond acceptors (Lipinski definition) is 4. The fourth-order valence-corrected chi connectivity index (χ4v) is 1.45. The summed E-state index contributed by atoms with van der Waals surface area (Å²) in [5.74, 6) is -0.178. The highest BCUT2D eigenvalue weighted by atomic mass is 16.5. The third kappa shape index (κ3) is 5.97. The van der Waals surface area contributed by atoms with Gasteiger partial charge in [-0.2, -0.15) is 0 Å². The number of nitrogens with zero attached hydrogens (tertiary/aromatic N) is 2. The largest absolute Gasteiger partial charge is 0.380 e. The van der Waals surface area contributed by atoms with E-state index in [0.717, 1.165) is 6.42 Å². The van der Waals surface area contributed by atoms with Gasteiger partial charge in [-0.15, -0.1) is 0 Å². The van der Waals surface area contributed by atoms with Crippen molar-refractivity contribution in [1.29, 1.82) is 0 Å². The summed E-state index contributed by atoms with van der Waals surface area (Å²) in [5, 5.41) is 0. The number of ether oxygens (including phenoxy) is 1. The average molecular weight is 259 g/mol. The first kappa shape index (κ1) is 16.9. The Balaban J connectivity index is 4.48. The minimum absolute atomic E-state index is 0.0847. The monoisotopic (exact) mass is 259 g/mol. The van der Waals surface area contributed by atoms with Gasteiger partial charge in [0.2, 0.25) is 11.8 Å². The lowest BCUT2D eigenvalue weighted by Gasteiger charge is -2.25. The molecule has 0 fully saturated rings. The molecule has 0 saturated carbocycles. The second-order valence-electron chi connectivity index (χ2n) is 4.40. The van der Waals surface area contributed by atoms with Crippen LogP contribution in [0.1, 0.15) is 19.8 Å². The van der Waals surface area contributed by atoms with Gasteiger partial charge in [0.15, 0.2) is 0 Å². The molecule has 106 valence electrons. The average Bonchev–Trinajstić information content (AvgIpc) is 2.34. The Morgan fingerprint density at radius 1 is 1.28 bits per heavy atom. The number of methoxy groups -OCH3 is 1. The fraction of sp³-hybridized carbons (Fsp3) is 0.833. The Morgan fingerprint density at radius 3 is 2.28 bits per heavy atom. The van der Waals surface area contributed by atoms with E-state index in [1.807, 2.05) is 6.92 Å². The van der Waals surface area contributed by atoms with Gasteiger partial charge < -0.3 is 20.3 Å². The van der Waals surface area contributed by atoms with Crippen molar-refractivity contribution in [2.24, 2.45) is 5.73 Å². The number of carbonyl (C=O) groups is 2. The molecule has 1 unspecified atom stereocenters. The molecule has 0 aromatic heterocycles. The van der Waals surface area contributed by atoms with Crippen LogP contribution in [0.15, 0.2) is 0 Å². The van der Waals surface area contributed by atoms with Gasteiger partial charge in [0.25, 0.3) is 0 Å². The molecular formula is C12H25N3O3. The molecule has 18 heavy (non-hydrogen) atoms. The van der Waals surface area contributed by atoms with Crippen LogP contribution >= 0.6 is 0 Å². The summed E-state index contributed by atoms with van der Waals surface area (Å²) in [4.78, 5) is 26.7. The van der Waals surface area contributed by atoms with Crippen LogP contribution in [0.25, 0.3) is 0 Å². The van der Waals surface area contributed by atoms with Gasteiger partial charge in [0.1, 0.15) is 0 Å². The molecule has 0 aliphatic carbocycles. The summed E-state index contributed by atoms with van der Waals surface area (Å²) in [5.41, 5.74) is 5.48. The fourth-order valence-electron chi connectivity index (χ4n) is 1.45. The number of likely N-dealkylation sites (N-methyl/N-ethyl adjacent to an activating group) is 1. The highest BCUT2D eigenvalue weighted by Gasteiger charge is 2.20. The van der Waals surface area contributed by atoms with Gasteiger partial charge in [-0.1, -0.05) is 6.92 Å². The summed E-state index contributed by atoms with van der Waals surface area (Å²) in [6, 6.07) is 0. The molecule has 0 aliphatic rings. The highest BCUT2D eigenvalue weighted by molar-refractivity contribution is 5.84. The van der Waals surface area contributed by atoms with Crippen molar-refractivity contribution >= 4 is 11.8 Å². The Hall–Kier alpha value is -1.14. The molecule has 0 rings (SSSR count). The van der Waals surface area contributed by atoms with E-state index in [4.69, 9.17) is 10.5 Å². The highest BCUT2D eigenvalue weighted by Crippen LogP contribution is 2.03. The molecule has 0 bridgehead atoms. The van der Waals surface area contributed by atoms with E-state index in [0.29, 0.717) is 13.1 Å². The third-order valence-corrected chi connectivity index (χ3v) is 2.67. The van der Waals surface area contributed by atoms with Gasteiger partial charge in [0.05, 0.1) is 19.1 Å². The molecular weight excluding hydrogens is 234 g/mol. The Bertz CT molecular complexity index is 265. The van der Waals surface area contributed by atoms with Crippen LogP contribution in [0.3, 0.4) is 0 Å². The van der Waals surface area contributed by atoms with E-state index in [1.165, 1.54) is 12.0 Å². The van der Waals surface area contributed by atoms with E-state index in [9.17, 15) is 9.59 Å². The summed E-state index contributed by atoms with van der Waals surface area (Å²) in [6.07, 6.45) is 0.742. The van der Waals surface area contributed by atoms with Crippen LogP contribution in [-0.2, 0) is 14.3 Å². The molecule has 0 aromatic rings. The molecule has 6 heteroatoms. The predicted molar refractivity (Wildman–Crippen MR) is 70.0 cm³/mol. The zero-order valence-electron chi connectivity index (χ0n) is 11.8. The molecule has 6 nitrogen and oxygen atoms in total. The van der Waals surface area contributed by atoms with E-state index in [2.05, 4.69) is 0 Å². The maximum absolute atomic E-state index is 12.0. The van der Waals surface area contributed by atoms with Crippen molar-refractivity contribution in [3.8, 4) is 0 Å². The number of rotatable bonds is 8. The molecule has 2 N–H and O–H groups in total. The first-order valence-corrected chi connectivity index (χ1v) is 6.17. The van der Waals surface area contributed by atoms with Crippen LogP contribution in [0.4, 0.5) is 0 Å². The zero-order valence-corrected chi connectivity index (χ0v) is 11.8. The molecule has 0 aromatic carbocycles. The van der Waals surface area contributed by atoms with Crippen molar-refractivity contribution in [1.82, 2.24) is 9.80 Å². The third-order valence-electron chi connectivity index (χ3n) is 2.67. The SMILES string of the molecule is CCCN(CC(=O)N(C)C)C(=O)CC(CN)OC. The number of nitrogens with two attached hydrogens (primary N) is 1. The van der Waals surface area contributed by atoms with Gasteiger partial charge in [-0.3, -0.25) is 9.59 Å². The normalized spacial score (nSPS) is 12.1. The molecule has 0 radical (unpaired) electrons. The topological polar surface area (TPSA) is 75.9 Å². The predicted octanol–water partition coefficient (Wildman–Crippen LogP) is -0.323. The van der Waals surface area contributed by atoms with Crippen molar-refractivity contribution < 1.29 is 14.3 Å². The molecule has 0 spiro atoms. The molecule has 1 atom stereocenters. The van der Waals surface area contributed by atoms with Crippen molar-refractivity contribution in [3.63, 3.8) is 0 Å². The molecule has 0 aliphatic heterocycles. The standard InChI is InChI=1S/C12H25N3O3/c1-5-6-15(9-12(17)14(2)3)11(16)7-10(8-13)18-4/h10H,5-9,13H2,1-4H3. The Labute approximate surface area is 109 Å². The van der Waals surface area contributed by atoms with E-state index in [1.54, 1.807) is 19.0 Å². The maximum atomic E-state index is 12.0. The van der Waals surface area contributed by atoms with Gasteiger partial charge >= 0.3 is 0 Å². The number of amides is 2. The van der Waals surface area contributed by atoms with Crippen LogP contribution in [0.2, 0.25) is 0 Å². The molecule has 0 saturated heterocycles. The van der Waals surface area contributed by atoms with Crippen molar-refractivity contribution in [2.75, 3.05) is 40.8 Å². The molecule has 0 heterocycles.